The predicted octanol–water partition coefficient (Wildman–Crippen LogP) is 3.47. The molecule has 1 aromatic heterocycles. The Bertz CT molecular complexity index is 645. The largest absolute Gasteiger partial charge is 0.342 e. The number of carbonyl (C=O) groups is 1. The number of nitrogens with zero attached hydrogens (tertiary/aromatic N) is 3. The molecule has 3 rings (SSSR count). The summed E-state index contributed by atoms with van der Waals surface area (Å²) in [6.07, 6.45) is 8.59. The van der Waals surface area contributed by atoms with Crippen molar-refractivity contribution in [1.29, 1.82) is 0 Å². The van der Waals surface area contributed by atoms with Crippen LogP contribution in [0.25, 0.3) is 0 Å². The third-order valence-corrected chi connectivity index (χ3v) is 4.57. The van der Waals surface area contributed by atoms with Gasteiger partial charge in [-0.15, -0.1) is 0 Å². The van der Waals surface area contributed by atoms with E-state index in [1.165, 1.54) is 0 Å². The summed E-state index contributed by atoms with van der Waals surface area (Å²) in [5.74, 6) is 0.519. The molecule has 4 nitrogen and oxygen atoms in total. The van der Waals surface area contributed by atoms with E-state index in [4.69, 9.17) is 11.6 Å². The molecule has 5 heteroatoms. The molecule has 1 amide bonds. The SMILES string of the molecule is O=C(CCc1ccc(Cl)cc1)N1CCC[C@@H](c2cnccn2)C1. The summed E-state index contributed by atoms with van der Waals surface area (Å²) in [4.78, 5) is 23.0. The molecule has 0 radical (unpaired) electrons. The summed E-state index contributed by atoms with van der Waals surface area (Å²) in [6.45, 7) is 1.59. The lowest BCUT2D eigenvalue weighted by Crippen LogP contribution is -2.39. The van der Waals surface area contributed by atoms with Crippen molar-refractivity contribution in [2.24, 2.45) is 0 Å². The van der Waals surface area contributed by atoms with Crippen LogP contribution in [0.2, 0.25) is 5.02 Å². The number of rotatable bonds is 4. The molecule has 1 aromatic carbocycles. The summed E-state index contributed by atoms with van der Waals surface area (Å²) in [6, 6.07) is 7.70. The van der Waals surface area contributed by atoms with Gasteiger partial charge in [0, 0.05) is 49.0 Å². The van der Waals surface area contributed by atoms with Gasteiger partial charge in [-0.2, -0.15) is 0 Å². The lowest BCUT2D eigenvalue weighted by Gasteiger charge is -2.32. The Kier molecular flexibility index (Phi) is 5.23. The van der Waals surface area contributed by atoms with Crippen molar-refractivity contribution in [1.82, 2.24) is 14.9 Å². The number of amides is 1. The van der Waals surface area contributed by atoms with Crippen LogP contribution in [0.5, 0.6) is 0 Å². The highest BCUT2D eigenvalue weighted by Gasteiger charge is 2.25. The molecule has 0 saturated carbocycles. The number of likely N-dealkylation sites (tertiary alicyclic amines) is 1. The van der Waals surface area contributed by atoms with Crippen molar-refractivity contribution in [3.8, 4) is 0 Å². The monoisotopic (exact) mass is 329 g/mol. The van der Waals surface area contributed by atoms with Crippen LogP contribution < -0.4 is 0 Å². The molecule has 1 saturated heterocycles. The van der Waals surface area contributed by atoms with Gasteiger partial charge in [0.05, 0.1) is 5.69 Å². The number of halogens is 1. The molecule has 1 aliphatic rings. The van der Waals surface area contributed by atoms with E-state index < -0.39 is 0 Å². The van der Waals surface area contributed by atoms with Crippen LogP contribution in [0.4, 0.5) is 0 Å². The van der Waals surface area contributed by atoms with Gasteiger partial charge >= 0.3 is 0 Å². The fraction of sp³-hybridized carbons (Fsp3) is 0.389. The van der Waals surface area contributed by atoms with Gasteiger partial charge in [0.1, 0.15) is 0 Å². The number of piperidine rings is 1. The van der Waals surface area contributed by atoms with E-state index in [2.05, 4.69) is 9.97 Å². The Hall–Kier alpha value is -1.94. The molecule has 1 aliphatic heterocycles. The van der Waals surface area contributed by atoms with Crippen LogP contribution in [0, 0.1) is 0 Å². The van der Waals surface area contributed by atoms with Crippen molar-refractivity contribution in [2.75, 3.05) is 13.1 Å². The highest BCUT2D eigenvalue weighted by Crippen LogP contribution is 2.25. The van der Waals surface area contributed by atoms with Crippen LogP contribution >= 0.6 is 11.6 Å². The molecule has 0 N–H and O–H groups in total. The topological polar surface area (TPSA) is 46.1 Å². The Labute approximate surface area is 141 Å². The minimum Gasteiger partial charge on any atom is -0.342 e. The fourth-order valence-corrected chi connectivity index (χ4v) is 3.15. The first-order chi connectivity index (χ1) is 11.2. The Balaban J connectivity index is 1.55. The summed E-state index contributed by atoms with van der Waals surface area (Å²) in [5.41, 5.74) is 2.13. The summed E-state index contributed by atoms with van der Waals surface area (Å²) in [5, 5.41) is 0.725. The maximum absolute atomic E-state index is 12.5. The van der Waals surface area contributed by atoms with E-state index in [1.54, 1.807) is 12.4 Å². The molecule has 23 heavy (non-hydrogen) atoms. The molecule has 120 valence electrons. The van der Waals surface area contributed by atoms with Crippen molar-refractivity contribution in [2.45, 2.75) is 31.6 Å². The predicted molar refractivity (Wildman–Crippen MR) is 90.4 cm³/mol. The Morgan fingerprint density at radius 1 is 1.26 bits per heavy atom. The molecule has 0 spiro atoms. The molecule has 0 aliphatic carbocycles. The Morgan fingerprint density at radius 3 is 2.83 bits per heavy atom. The van der Waals surface area contributed by atoms with E-state index in [0.717, 1.165) is 48.6 Å². The first kappa shape index (κ1) is 15.9. The second-order valence-corrected chi connectivity index (χ2v) is 6.37. The zero-order chi connectivity index (χ0) is 16.1. The minimum atomic E-state index is 0.216. The van der Waals surface area contributed by atoms with Crippen molar-refractivity contribution in [3.63, 3.8) is 0 Å². The number of aromatic nitrogens is 2. The normalized spacial score (nSPS) is 18.0. The van der Waals surface area contributed by atoms with Crippen molar-refractivity contribution in [3.05, 3.63) is 59.1 Å². The maximum Gasteiger partial charge on any atom is 0.222 e. The molecular formula is C18H20ClN3O. The van der Waals surface area contributed by atoms with Crippen LogP contribution in [0.3, 0.4) is 0 Å². The Morgan fingerprint density at radius 2 is 2.09 bits per heavy atom. The molecule has 0 unspecified atom stereocenters. The molecule has 2 heterocycles. The van der Waals surface area contributed by atoms with E-state index in [1.807, 2.05) is 35.4 Å². The highest BCUT2D eigenvalue weighted by molar-refractivity contribution is 6.30. The quantitative estimate of drug-likeness (QED) is 0.862. The average molecular weight is 330 g/mol. The number of hydrogen-bond donors (Lipinski definition) is 0. The second kappa shape index (κ2) is 7.55. The zero-order valence-electron chi connectivity index (χ0n) is 13.0. The van der Waals surface area contributed by atoms with E-state index in [0.29, 0.717) is 12.3 Å². The second-order valence-electron chi connectivity index (χ2n) is 5.94. The van der Waals surface area contributed by atoms with Crippen LogP contribution in [-0.4, -0.2) is 33.9 Å². The molecular weight excluding hydrogens is 310 g/mol. The van der Waals surface area contributed by atoms with Gasteiger partial charge in [0.2, 0.25) is 5.91 Å². The number of benzene rings is 1. The summed E-state index contributed by atoms with van der Waals surface area (Å²) < 4.78 is 0. The molecule has 2 aromatic rings. The third-order valence-electron chi connectivity index (χ3n) is 4.32. The molecule has 1 fully saturated rings. The maximum atomic E-state index is 12.5. The first-order valence-electron chi connectivity index (χ1n) is 8.00. The van der Waals surface area contributed by atoms with Crippen molar-refractivity contribution < 1.29 is 4.79 Å². The van der Waals surface area contributed by atoms with Crippen LogP contribution in [0.15, 0.2) is 42.9 Å². The van der Waals surface area contributed by atoms with Crippen LogP contribution in [0.1, 0.15) is 36.4 Å². The van der Waals surface area contributed by atoms with E-state index in [9.17, 15) is 4.79 Å². The van der Waals surface area contributed by atoms with Gasteiger partial charge in [-0.05, 0) is 37.0 Å². The van der Waals surface area contributed by atoms with Gasteiger partial charge < -0.3 is 4.90 Å². The molecule has 1 atom stereocenters. The smallest absolute Gasteiger partial charge is 0.222 e. The average Bonchev–Trinajstić information content (AvgIpc) is 2.62. The van der Waals surface area contributed by atoms with E-state index in [-0.39, 0.29) is 5.91 Å². The lowest BCUT2D eigenvalue weighted by atomic mass is 9.94. The van der Waals surface area contributed by atoms with Gasteiger partial charge in [-0.3, -0.25) is 14.8 Å². The fourth-order valence-electron chi connectivity index (χ4n) is 3.03. The van der Waals surface area contributed by atoms with Gasteiger partial charge in [0.25, 0.3) is 0 Å². The van der Waals surface area contributed by atoms with E-state index >= 15 is 0 Å². The minimum absolute atomic E-state index is 0.216. The van der Waals surface area contributed by atoms with Gasteiger partial charge in [-0.25, -0.2) is 0 Å². The number of carbonyl (C=O) groups excluding carboxylic acids is 1. The van der Waals surface area contributed by atoms with Gasteiger partial charge in [0.15, 0.2) is 0 Å². The zero-order valence-corrected chi connectivity index (χ0v) is 13.7. The summed E-state index contributed by atoms with van der Waals surface area (Å²) >= 11 is 5.88. The van der Waals surface area contributed by atoms with Crippen molar-refractivity contribution >= 4 is 17.5 Å². The lowest BCUT2D eigenvalue weighted by molar-refractivity contribution is -0.132. The van der Waals surface area contributed by atoms with Gasteiger partial charge in [-0.1, -0.05) is 23.7 Å². The van der Waals surface area contributed by atoms with Crippen LogP contribution in [-0.2, 0) is 11.2 Å². The standard InChI is InChI=1S/C18H20ClN3O/c19-16-6-3-14(4-7-16)5-8-18(23)22-11-1-2-15(13-22)17-12-20-9-10-21-17/h3-4,6-7,9-10,12,15H,1-2,5,8,11,13H2/t15-/m1/s1. The molecule has 0 bridgehead atoms. The first-order valence-corrected chi connectivity index (χ1v) is 8.38. The third kappa shape index (κ3) is 4.29. The number of aryl methyl sites for hydroxylation is 1. The summed E-state index contributed by atoms with van der Waals surface area (Å²) in [7, 11) is 0. The number of hydrogen-bond acceptors (Lipinski definition) is 3. The highest BCUT2D eigenvalue weighted by atomic mass is 35.5.